The van der Waals surface area contributed by atoms with Crippen LogP contribution in [0.1, 0.15) is 36.3 Å². The largest absolute Gasteiger partial charge is 0.460 e. The monoisotopic (exact) mass is 322 g/mol. The van der Waals surface area contributed by atoms with Crippen LogP contribution in [-0.4, -0.2) is 43.2 Å². The maximum Gasteiger partial charge on any atom is 0.316 e. The molecule has 0 saturated heterocycles. The summed E-state index contributed by atoms with van der Waals surface area (Å²) >= 11 is 5.73. The predicted octanol–water partition coefficient (Wildman–Crippen LogP) is 1.37. The molecule has 1 amide bonds. The molecule has 0 unspecified atom stereocenters. The number of carbonyl (C=O) groups is 1. The van der Waals surface area contributed by atoms with Crippen molar-refractivity contribution in [1.29, 1.82) is 0 Å². The summed E-state index contributed by atoms with van der Waals surface area (Å²) in [6, 6.07) is 0.446. The van der Waals surface area contributed by atoms with Crippen LogP contribution in [-0.2, 0) is 0 Å². The predicted molar refractivity (Wildman–Crippen MR) is 77.6 cm³/mol. The molecule has 1 aliphatic carbocycles. The molecule has 2 aromatic heterocycles. The minimum Gasteiger partial charge on any atom is -0.460 e. The summed E-state index contributed by atoms with van der Waals surface area (Å²) < 4.78 is 5.71. The van der Waals surface area contributed by atoms with E-state index in [1.807, 2.05) is 0 Å². The second-order valence-corrected chi connectivity index (χ2v) is 5.52. The Kier molecular flexibility index (Phi) is 4.47. The molecular formula is C13H15ClN6O2. The molecule has 2 N–H and O–H groups in total. The number of nitrogens with zero attached hydrogens (tertiary/aromatic N) is 4. The Morgan fingerprint density at radius 3 is 2.59 bits per heavy atom. The van der Waals surface area contributed by atoms with Gasteiger partial charge in [0.15, 0.2) is 0 Å². The molecule has 22 heavy (non-hydrogen) atoms. The minimum absolute atomic E-state index is 0.0552. The lowest BCUT2D eigenvalue weighted by Gasteiger charge is -2.28. The van der Waals surface area contributed by atoms with Crippen molar-refractivity contribution >= 4 is 17.5 Å². The molecule has 0 aromatic carbocycles. The van der Waals surface area contributed by atoms with Gasteiger partial charge in [0.2, 0.25) is 5.82 Å². The number of hydrogen-bond acceptors (Lipinski definition) is 6. The number of amides is 1. The van der Waals surface area contributed by atoms with Crippen LogP contribution in [0.3, 0.4) is 0 Å². The normalized spacial score (nSPS) is 21.3. The van der Waals surface area contributed by atoms with E-state index in [9.17, 15) is 4.79 Å². The van der Waals surface area contributed by atoms with Crippen LogP contribution in [0.25, 0.3) is 0 Å². The molecule has 1 fully saturated rings. The summed E-state index contributed by atoms with van der Waals surface area (Å²) in [4.78, 5) is 23.7. The SMILES string of the molecule is O=C(NC1CCC(Oc2ncc(Cl)cn2)CC1)c1ncn[nH]1. The van der Waals surface area contributed by atoms with Crippen LogP contribution in [0.5, 0.6) is 6.01 Å². The van der Waals surface area contributed by atoms with Crippen LogP contribution in [0.4, 0.5) is 0 Å². The molecule has 2 aromatic rings. The van der Waals surface area contributed by atoms with Crippen molar-refractivity contribution in [3.8, 4) is 6.01 Å². The summed E-state index contributed by atoms with van der Waals surface area (Å²) in [6.45, 7) is 0. The van der Waals surface area contributed by atoms with Gasteiger partial charge < -0.3 is 10.1 Å². The zero-order valence-electron chi connectivity index (χ0n) is 11.7. The van der Waals surface area contributed by atoms with Gasteiger partial charge in [0, 0.05) is 6.04 Å². The van der Waals surface area contributed by atoms with Gasteiger partial charge >= 0.3 is 6.01 Å². The summed E-state index contributed by atoms with van der Waals surface area (Å²) in [5, 5.41) is 9.62. The number of nitrogens with one attached hydrogen (secondary N) is 2. The van der Waals surface area contributed by atoms with Crippen LogP contribution < -0.4 is 10.1 Å². The van der Waals surface area contributed by atoms with Crippen LogP contribution in [0.15, 0.2) is 18.7 Å². The Morgan fingerprint density at radius 2 is 1.95 bits per heavy atom. The third kappa shape index (κ3) is 3.70. The first-order valence-corrected chi connectivity index (χ1v) is 7.39. The van der Waals surface area contributed by atoms with Crippen molar-refractivity contribution < 1.29 is 9.53 Å². The van der Waals surface area contributed by atoms with E-state index in [1.165, 1.54) is 18.7 Å². The van der Waals surface area contributed by atoms with Gasteiger partial charge in [-0.05, 0) is 25.7 Å². The molecule has 0 bridgehead atoms. The Bertz CT molecular complexity index is 610. The van der Waals surface area contributed by atoms with Gasteiger partial charge in [-0.1, -0.05) is 11.6 Å². The molecule has 0 radical (unpaired) electrons. The number of ether oxygens (including phenoxy) is 1. The third-order valence-corrected chi connectivity index (χ3v) is 3.70. The fourth-order valence-corrected chi connectivity index (χ4v) is 2.50. The number of aromatic amines is 1. The number of H-pyrrole nitrogens is 1. The molecule has 8 nitrogen and oxygen atoms in total. The van der Waals surface area contributed by atoms with E-state index >= 15 is 0 Å². The Hall–Kier alpha value is -2.22. The smallest absolute Gasteiger partial charge is 0.316 e. The average molecular weight is 323 g/mol. The van der Waals surface area contributed by atoms with Crippen molar-refractivity contribution in [3.05, 3.63) is 29.6 Å². The number of halogens is 1. The van der Waals surface area contributed by atoms with Gasteiger partial charge in [-0.25, -0.2) is 15.0 Å². The number of carbonyl (C=O) groups excluding carboxylic acids is 1. The highest BCUT2D eigenvalue weighted by Crippen LogP contribution is 2.22. The topological polar surface area (TPSA) is 106 Å². The van der Waals surface area contributed by atoms with E-state index in [1.54, 1.807) is 0 Å². The first-order chi connectivity index (χ1) is 10.7. The Balaban J connectivity index is 1.46. The summed E-state index contributed by atoms with van der Waals surface area (Å²) in [6.07, 6.45) is 7.70. The van der Waals surface area contributed by atoms with Crippen molar-refractivity contribution in [3.63, 3.8) is 0 Å². The van der Waals surface area contributed by atoms with E-state index in [0.717, 1.165) is 25.7 Å². The van der Waals surface area contributed by atoms with Gasteiger partial charge in [0.1, 0.15) is 12.4 Å². The molecule has 1 aliphatic rings. The number of rotatable bonds is 4. The molecule has 3 rings (SSSR count). The number of aromatic nitrogens is 5. The second kappa shape index (κ2) is 6.69. The highest BCUT2D eigenvalue weighted by molar-refractivity contribution is 6.30. The standard InChI is InChI=1S/C13H15ClN6O2/c14-8-5-15-13(16-6-8)22-10-3-1-9(2-4-10)19-12(21)11-17-7-18-20-11/h5-7,9-10H,1-4H2,(H,19,21)(H,17,18,20). The van der Waals surface area contributed by atoms with Crippen molar-refractivity contribution in [2.45, 2.75) is 37.8 Å². The second-order valence-electron chi connectivity index (χ2n) is 5.08. The Labute approximate surface area is 131 Å². The lowest BCUT2D eigenvalue weighted by Crippen LogP contribution is -2.40. The number of hydrogen-bond donors (Lipinski definition) is 2. The highest BCUT2D eigenvalue weighted by Gasteiger charge is 2.25. The van der Waals surface area contributed by atoms with Gasteiger partial charge in [-0.2, -0.15) is 5.10 Å². The van der Waals surface area contributed by atoms with Crippen LogP contribution in [0.2, 0.25) is 5.02 Å². The van der Waals surface area contributed by atoms with Crippen LogP contribution in [0, 0.1) is 0 Å². The molecule has 0 atom stereocenters. The van der Waals surface area contributed by atoms with Crippen molar-refractivity contribution in [2.24, 2.45) is 0 Å². The fourth-order valence-electron chi connectivity index (χ4n) is 2.40. The maximum absolute atomic E-state index is 11.9. The zero-order valence-corrected chi connectivity index (χ0v) is 12.5. The molecular weight excluding hydrogens is 308 g/mol. The van der Waals surface area contributed by atoms with E-state index in [4.69, 9.17) is 16.3 Å². The van der Waals surface area contributed by atoms with Crippen molar-refractivity contribution in [2.75, 3.05) is 0 Å². The molecule has 1 saturated carbocycles. The average Bonchev–Trinajstić information content (AvgIpc) is 3.06. The first kappa shape index (κ1) is 14.7. The van der Waals surface area contributed by atoms with Gasteiger partial charge in [0.25, 0.3) is 5.91 Å². The lowest BCUT2D eigenvalue weighted by atomic mass is 9.93. The van der Waals surface area contributed by atoms with E-state index < -0.39 is 0 Å². The molecule has 0 spiro atoms. The highest BCUT2D eigenvalue weighted by atomic mass is 35.5. The molecule has 2 heterocycles. The quantitative estimate of drug-likeness (QED) is 0.880. The van der Waals surface area contributed by atoms with E-state index in [2.05, 4.69) is 30.5 Å². The first-order valence-electron chi connectivity index (χ1n) is 7.01. The van der Waals surface area contributed by atoms with E-state index in [-0.39, 0.29) is 23.9 Å². The molecule has 0 aliphatic heterocycles. The van der Waals surface area contributed by atoms with Crippen LogP contribution >= 0.6 is 11.6 Å². The summed E-state index contributed by atoms with van der Waals surface area (Å²) in [5.41, 5.74) is 0. The summed E-state index contributed by atoms with van der Waals surface area (Å²) in [7, 11) is 0. The zero-order chi connectivity index (χ0) is 15.4. The molecule has 116 valence electrons. The lowest BCUT2D eigenvalue weighted by molar-refractivity contribution is 0.0875. The summed E-state index contributed by atoms with van der Waals surface area (Å²) in [5.74, 6) is -0.00385. The maximum atomic E-state index is 11.9. The van der Waals surface area contributed by atoms with Gasteiger partial charge in [-0.15, -0.1) is 0 Å². The molecule has 9 heteroatoms. The van der Waals surface area contributed by atoms with Crippen molar-refractivity contribution in [1.82, 2.24) is 30.5 Å². The van der Waals surface area contributed by atoms with Gasteiger partial charge in [0.05, 0.1) is 17.4 Å². The van der Waals surface area contributed by atoms with Gasteiger partial charge in [-0.3, -0.25) is 9.89 Å². The third-order valence-electron chi connectivity index (χ3n) is 3.51. The minimum atomic E-state index is -0.233. The Morgan fingerprint density at radius 1 is 1.23 bits per heavy atom. The fraction of sp³-hybridized carbons (Fsp3) is 0.462. The van der Waals surface area contributed by atoms with E-state index in [0.29, 0.717) is 11.0 Å².